The van der Waals surface area contributed by atoms with Crippen LogP contribution in [0.1, 0.15) is 31.7 Å². The van der Waals surface area contributed by atoms with Crippen LogP contribution in [0.3, 0.4) is 0 Å². The third-order valence-corrected chi connectivity index (χ3v) is 2.68. The minimum absolute atomic E-state index is 0.580. The van der Waals surface area contributed by atoms with E-state index in [1.54, 1.807) is 19.2 Å². The van der Waals surface area contributed by atoms with Gasteiger partial charge in [0.05, 0.1) is 7.11 Å². The van der Waals surface area contributed by atoms with E-state index in [0.717, 1.165) is 37.0 Å². The fourth-order valence-electron chi connectivity index (χ4n) is 1.74. The van der Waals surface area contributed by atoms with E-state index in [2.05, 4.69) is 6.92 Å². The third kappa shape index (κ3) is 3.54. The highest BCUT2D eigenvalue weighted by molar-refractivity contribution is 6.59. The van der Waals surface area contributed by atoms with Gasteiger partial charge in [-0.25, -0.2) is 0 Å². The average Bonchev–Trinajstić information content (AvgIpc) is 2.29. The summed E-state index contributed by atoms with van der Waals surface area (Å²) in [4.78, 5) is 0. The first-order valence-electron chi connectivity index (χ1n) is 5.72. The first-order valence-corrected chi connectivity index (χ1v) is 5.72. The predicted octanol–water partition coefficient (Wildman–Crippen LogP) is 1.11. The summed E-state index contributed by atoms with van der Waals surface area (Å²) in [7, 11) is 0.211. The van der Waals surface area contributed by atoms with Crippen LogP contribution in [-0.2, 0) is 6.42 Å². The lowest BCUT2D eigenvalue weighted by molar-refractivity contribution is 0.413. The van der Waals surface area contributed by atoms with Gasteiger partial charge in [0.15, 0.2) is 0 Å². The Balaban J connectivity index is 2.83. The minimum atomic E-state index is -1.40. The van der Waals surface area contributed by atoms with Crippen LogP contribution in [-0.4, -0.2) is 24.3 Å². The van der Waals surface area contributed by atoms with Gasteiger partial charge in [0.1, 0.15) is 5.75 Å². The maximum absolute atomic E-state index is 9.24. The van der Waals surface area contributed by atoms with E-state index in [1.165, 1.54) is 0 Å². The van der Waals surface area contributed by atoms with E-state index in [-0.39, 0.29) is 0 Å². The van der Waals surface area contributed by atoms with Crippen molar-refractivity contribution < 1.29 is 14.8 Å². The molecule has 4 heteroatoms. The van der Waals surface area contributed by atoms with Gasteiger partial charge in [-0.05, 0) is 36.0 Å². The van der Waals surface area contributed by atoms with Gasteiger partial charge < -0.3 is 14.8 Å². The largest absolute Gasteiger partial charge is 0.497 e. The first kappa shape index (κ1) is 13.1. The van der Waals surface area contributed by atoms with Crippen LogP contribution in [0.4, 0.5) is 0 Å². The van der Waals surface area contributed by atoms with E-state index in [0.29, 0.717) is 5.46 Å². The van der Waals surface area contributed by atoms with Gasteiger partial charge in [0, 0.05) is 0 Å². The molecule has 0 saturated heterocycles. The molecule has 1 aromatic carbocycles. The van der Waals surface area contributed by atoms with Crippen LogP contribution in [0, 0.1) is 0 Å². The van der Waals surface area contributed by atoms with Crippen LogP contribution >= 0.6 is 0 Å². The van der Waals surface area contributed by atoms with E-state index in [9.17, 15) is 10.0 Å². The highest BCUT2D eigenvalue weighted by atomic mass is 16.5. The Morgan fingerprint density at radius 2 is 2.00 bits per heavy atom. The minimum Gasteiger partial charge on any atom is -0.497 e. The fourth-order valence-corrected chi connectivity index (χ4v) is 1.74. The number of rotatable bonds is 6. The second kappa shape index (κ2) is 6.56. The quantitative estimate of drug-likeness (QED) is 0.559. The Hall–Kier alpha value is -0.995. The molecule has 16 heavy (non-hydrogen) atoms. The lowest BCUT2D eigenvalue weighted by Gasteiger charge is -2.10. The fraction of sp³-hybridized carbons (Fsp3) is 0.500. The Morgan fingerprint density at radius 3 is 2.56 bits per heavy atom. The monoisotopic (exact) mass is 222 g/mol. The maximum Gasteiger partial charge on any atom is 0.488 e. The standard InChI is InChI=1S/C12H19BO3/c1-3-4-5-6-10-9-11(16-2)7-8-12(10)13(14)15/h7-9,14-15H,3-6H2,1-2H3. The number of ether oxygens (including phenoxy) is 1. The van der Waals surface area contributed by atoms with E-state index < -0.39 is 7.12 Å². The molecule has 0 atom stereocenters. The van der Waals surface area contributed by atoms with Crippen LogP contribution < -0.4 is 10.2 Å². The van der Waals surface area contributed by atoms with Crippen LogP contribution in [0.25, 0.3) is 0 Å². The van der Waals surface area contributed by atoms with Gasteiger partial charge in [-0.15, -0.1) is 0 Å². The Morgan fingerprint density at radius 1 is 1.25 bits per heavy atom. The molecule has 0 heterocycles. The van der Waals surface area contributed by atoms with E-state index in [4.69, 9.17) is 4.74 Å². The second-order valence-electron chi connectivity index (χ2n) is 3.90. The second-order valence-corrected chi connectivity index (χ2v) is 3.90. The molecule has 0 saturated carbocycles. The molecule has 1 aromatic rings. The summed E-state index contributed by atoms with van der Waals surface area (Å²) in [6, 6.07) is 5.34. The SMILES string of the molecule is CCCCCc1cc(OC)ccc1B(O)O. The molecule has 0 radical (unpaired) electrons. The summed E-state index contributed by atoms with van der Waals surface area (Å²) < 4.78 is 5.13. The topological polar surface area (TPSA) is 49.7 Å². The third-order valence-electron chi connectivity index (χ3n) is 2.68. The molecule has 0 aliphatic heterocycles. The molecule has 3 nitrogen and oxygen atoms in total. The lowest BCUT2D eigenvalue weighted by atomic mass is 9.76. The number of hydrogen-bond acceptors (Lipinski definition) is 3. The first-order chi connectivity index (χ1) is 7.69. The molecule has 2 N–H and O–H groups in total. The Kier molecular flexibility index (Phi) is 5.36. The molecule has 88 valence electrons. The molecule has 1 rings (SSSR count). The van der Waals surface area contributed by atoms with Crippen molar-refractivity contribution in [1.82, 2.24) is 0 Å². The molecule has 0 fully saturated rings. The van der Waals surface area contributed by atoms with Crippen molar-refractivity contribution in [2.24, 2.45) is 0 Å². The van der Waals surface area contributed by atoms with Crippen molar-refractivity contribution in [3.63, 3.8) is 0 Å². The molecule has 0 aliphatic rings. The number of methoxy groups -OCH3 is 1. The average molecular weight is 222 g/mol. The Bertz CT molecular complexity index is 326. The van der Waals surface area contributed by atoms with Gasteiger partial charge in [0.2, 0.25) is 0 Å². The molecule has 0 spiro atoms. The molecule has 0 aliphatic carbocycles. The molecular weight excluding hydrogens is 203 g/mol. The van der Waals surface area contributed by atoms with Crippen LogP contribution in [0.2, 0.25) is 0 Å². The molecule has 0 unspecified atom stereocenters. The maximum atomic E-state index is 9.24. The van der Waals surface area contributed by atoms with Crippen molar-refractivity contribution >= 4 is 12.6 Å². The van der Waals surface area contributed by atoms with E-state index in [1.807, 2.05) is 6.07 Å². The van der Waals surface area contributed by atoms with Gasteiger partial charge in [0.25, 0.3) is 0 Å². The number of hydrogen-bond donors (Lipinski definition) is 2. The van der Waals surface area contributed by atoms with Crippen molar-refractivity contribution in [2.45, 2.75) is 32.6 Å². The zero-order chi connectivity index (χ0) is 12.0. The predicted molar refractivity (Wildman–Crippen MR) is 66.0 cm³/mol. The summed E-state index contributed by atoms with van der Waals surface area (Å²) in [5.41, 5.74) is 1.54. The van der Waals surface area contributed by atoms with E-state index >= 15 is 0 Å². The number of benzene rings is 1. The molecule has 0 aromatic heterocycles. The summed E-state index contributed by atoms with van der Waals surface area (Å²) >= 11 is 0. The van der Waals surface area contributed by atoms with Crippen molar-refractivity contribution in [1.29, 1.82) is 0 Å². The highest BCUT2D eigenvalue weighted by Crippen LogP contribution is 2.14. The van der Waals surface area contributed by atoms with Crippen molar-refractivity contribution in [3.05, 3.63) is 23.8 Å². The highest BCUT2D eigenvalue weighted by Gasteiger charge is 2.16. The summed E-state index contributed by atoms with van der Waals surface area (Å²) in [5, 5.41) is 18.5. The number of aryl methyl sites for hydroxylation is 1. The zero-order valence-electron chi connectivity index (χ0n) is 9.94. The van der Waals surface area contributed by atoms with Gasteiger partial charge in [-0.2, -0.15) is 0 Å². The summed E-state index contributed by atoms with van der Waals surface area (Å²) in [5.74, 6) is 0.760. The van der Waals surface area contributed by atoms with Crippen molar-refractivity contribution in [2.75, 3.05) is 7.11 Å². The summed E-state index contributed by atoms with van der Waals surface area (Å²) in [6.45, 7) is 2.15. The van der Waals surface area contributed by atoms with Gasteiger partial charge in [-0.3, -0.25) is 0 Å². The van der Waals surface area contributed by atoms with Crippen LogP contribution in [0.15, 0.2) is 18.2 Å². The Labute approximate surface area is 97.2 Å². The van der Waals surface area contributed by atoms with Crippen LogP contribution in [0.5, 0.6) is 5.75 Å². The number of unbranched alkanes of at least 4 members (excludes halogenated alkanes) is 2. The zero-order valence-corrected chi connectivity index (χ0v) is 9.94. The summed E-state index contributed by atoms with van der Waals surface area (Å²) in [6.07, 6.45) is 4.22. The van der Waals surface area contributed by atoms with Crippen molar-refractivity contribution in [3.8, 4) is 5.75 Å². The van der Waals surface area contributed by atoms with Gasteiger partial charge >= 0.3 is 7.12 Å². The normalized spacial score (nSPS) is 10.2. The molecule has 0 bridgehead atoms. The van der Waals surface area contributed by atoms with Gasteiger partial charge in [-0.1, -0.05) is 25.8 Å². The lowest BCUT2D eigenvalue weighted by Crippen LogP contribution is -2.33. The smallest absolute Gasteiger partial charge is 0.488 e. The molecular formula is C12H19BO3. The molecule has 0 amide bonds.